The molecule has 0 fully saturated rings. The van der Waals surface area contributed by atoms with Crippen molar-refractivity contribution in [2.75, 3.05) is 26.1 Å². The molecule has 0 atom stereocenters. The lowest BCUT2D eigenvalue weighted by atomic mass is 10.2. The van der Waals surface area contributed by atoms with Gasteiger partial charge >= 0.3 is 11.8 Å². The molecule has 0 spiro atoms. The van der Waals surface area contributed by atoms with E-state index in [9.17, 15) is 9.59 Å². The monoisotopic (exact) mass is 371 g/mol. The number of nitrogens with one attached hydrogen (secondary N) is 2. The molecule has 142 valence electrons. The van der Waals surface area contributed by atoms with E-state index >= 15 is 0 Å². The van der Waals surface area contributed by atoms with E-state index in [2.05, 4.69) is 15.8 Å². The Hall–Kier alpha value is -3.55. The van der Waals surface area contributed by atoms with Crippen LogP contribution in [-0.2, 0) is 9.59 Å². The maximum Gasteiger partial charge on any atom is 0.329 e. The summed E-state index contributed by atoms with van der Waals surface area (Å²) >= 11 is 0. The highest BCUT2D eigenvalue weighted by atomic mass is 16.5. The van der Waals surface area contributed by atoms with Crippen molar-refractivity contribution in [3.63, 3.8) is 0 Å². The average molecular weight is 371 g/mol. The molecule has 0 aliphatic heterocycles. The van der Waals surface area contributed by atoms with Crippen molar-refractivity contribution in [2.24, 2.45) is 5.10 Å². The minimum absolute atomic E-state index is 0.389. The van der Waals surface area contributed by atoms with Crippen molar-refractivity contribution < 1.29 is 23.8 Å². The van der Waals surface area contributed by atoms with Gasteiger partial charge in [-0.05, 0) is 42.8 Å². The molecule has 0 saturated heterocycles. The highest BCUT2D eigenvalue weighted by molar-refractivity contribution is 6.39. The number of hydrogen-bond acceptors (Lipinski definition) is 6. The van der Waals surface area contributed by atoms with Gasteiger partial charge in [-0.1, -0.05) is 12.1 Å². The zero-order chi connectivity index (χ0) is 19.6. The standard InChI is InChI=1S/C19H21N3O5/c1-4-27-16-10-9-13(11-17(16)26-3)12-20-22-19(24)18(23)21-14-7-5-6-8-15(14)25-2/h5-12H,4H2,1-3H3,(H,21,23)(H,22,24)/b20-12-. The van der Waals surface area contributed by atoms with E-state index in [4.69, 9.17) is 14.2 Å². The number of carbonyl (C=O) groups is 2. The quantitative estimate of drug-likeness (QED) is 0.442. The first kappa shape index (κ1) is 19.8. The summed E-state index contributed by atoms with van der Waals surface area (Å²) in [5.41, 5.74) is 3.23. The third-order valence-electron chi connectivity index (χ3n) is 3.43. The molecule has 8 nitrogen and oxygen atoms in total. The smallest absolute Gasteiger partial charge is 0.329 e. The first-order chi connectivity index (χ1) is 13.1. The molecule has 2 aromatic carbocycles. The Morgan fingerprint density at radius 2 is 1.74 bits per heavy atom. The Morgan fingerprint density at radius 1 is 1.00 bits per heavy atom. The van der Waals surface area contributed by atoms with Crippen LogP contribution in [0.15, 0.2) is 47.6 Å². The topological polar surface area (TPSA) is 98.2 Å². The highest BCUT2D eigenvalue weighted by Gasteiger charge is 2.14. The van der Waals surface area contributed by atoms with Crippen molar-refractivity contribution in [1.82, 2.24) is 5.43 Å². The summed E-state index contributed by atoms with van der Waals surface area (Å²) in [6.45, 7) is 2.39. The van der Waals surface area contributed by atoms with Crippen LogP contribution in [0.25, 0.3) is 0 Å². The van der Waals surface area contributed by atoms with Crippen LogP contribution in [0.1, 0.15) is 12.5 Å². The number of nitrogens with zero attached hydrogens (tertiary/aromatic N) is 1. The second kappa shape index (κ2) is 9.81. The van der Waals surface area contributed by atoms with Gasteiger partial charge in [0.25, 0.3) is 0 Å². The van der Waals surface area contributed by atoms with Crippen LogP contribution in [0, 0.1) is 0 Å². The summed E-state index contributed by atoms with van der Waals surface area (Å²) in [7, 11) is 3.00. The van der Waals surface area contributed by atoms with Crippen LogP contribution in [-0.4, -0.2) is 38.9 Å². The summed E-state index contributed by atoms with van der Waals surface area (Å²) in [6.07, 6.45) is 1.40. The lowest BCUT2D eigenvalue weighted by Crippen LogP contribution is -2.32. The van der Waals surface area contributed by atoms with Crippen molar-refractivity contribution in [3.8, 4) is 17.2 Å². The molecular weight excluding hydrogens is 350 g/mol. The third kappa shape index (κ3) is 5.46. The molecule has 0 bridgehead atoms. The second-order valence-electron chi connectivity index (χ2n) is 5.20. The lowest BCUT2D eigenvalue weighted by Gasteiger charge is -2.09. The molecule has 0 unspecified atom stereocenters. The number of para-hydroxylation sites is 2. The fraction of sp³-hybridized carbons (Fsp3) is 0.211. The van der Waals surface area contributed by atoms with Crippen LogP contribution in [0.2, 0.25) is 0 Å². The van der Waals surface area contributed by atoms with Gasteiger partial charge in [-0.2, -0.15) is 5.10 Å². The van der Waals surface area contributed by atoms with Crippen molar-refractivity contribution in [3.05, 3.63) is 48.0 Å². The SMILES string of the molecule is CCOc1ccc(/C=N\NC(=O)C(=O)Nc2ccccc2OC)cc1OC. The van der Waals surface area contributed by atoms with E-state index in [0.29, 0.717) is 35.1 Å². The predicted octanol–water partition coefficient (Wildman–Crippen LogP) is 2.19. The van der Waals surface area contributed by atoms with Crippen LogP contribution in [0.4, 0.5) is 5.69 Å². The molecule has 2 rings (SSSR count). The van der Waals surface area contributed by atoms with Gasteiger partial charge in [0.1, 0.15) is 5.75 Å². The normalized spacial score (nSPS) is 10.3. The highest BCUT2D eigenvalue weighted by Crippen LogP contribution is 2.27. The Kier molecular flexibility index (Phi) is 7.18. The Labute approximate surface area is 157 Å². The van der Waals surface area contributed by atoms with E-state index in [0.717, 1.165) is 0 Å². The first-order valence-electron chi connectivity index (χ1n) is 8.17. The molecule has 0 radical (unpaired) electrons. The largest absolute Gasteiger partial charge is 0.495 e. The zero-order valence-electron chi connectivity index (χ0n) is 15.3. The Morgan fingerprint density at radius 3 is 2.44 bits per heavy atom. The fourth-order valence-electron chi connectivity index (χ4n) is 2.18. The predicted molar refractivity (Wildman–Crippen MR) is 102 cm³/mol. The molecule has 0 aliphatic carbocycles. The molecule has 0 aliphatic rings. The van der Waals surface area contributed by atoms with E-state index < -0.39 is 11.8 Å². The van der Waals surface area contributed by atoms with E-state index in [1.807, 2.05) is 6.92 Å². The molecule has 0 heterocycles. The third-order valence-corrected chi connectivity index (χ3v) is 3.43. The number of ether oxygens (including phenoxy) is 3. The Balaban J connectivity index is 1.97. The van der Waals surface area contributed by atoms with Crippen molar-refractivity contribution in [2.45, 2.75) is 6.92 Å². The molecule has 0 aromatic heterocycles. The van der Waals surface area contributed by atoms with Gasteiger partial charge in [0.15, 0.2) is 11.5 Å². The number of hydrazone groups is 1. The first-order valence-corrected chi connectivity index (χ1v) is 8.17. The summed E-state index contributed by atoms with van der Waals surface area (Å²) in [6, 6.07) is 12.0. The number of rotatable bonds is 7. The van der Waals surface area contributed by atoms with Gasteiger partial charge in [-0.25, -0.2) is 5.43 Å². The van der Waals surface area contributed by atoms with Crippen LogP contribution in [0.3, 0.4) is 0 Å². The lowest BCUT2D eigenvalue weighted by molar-refractivity contribution is -0.136. The molecular formula is C19H21N3O5. The van der Waals surface area contributed by atoms with Crippen molar-refractivity contribution >= 4 is 23.7 Å². The van der Waals surface area contributed by atoms with E-state index in [1.165, 1.54) is 20.4 Å². The van der Waals surface area contributed by atoms with Gasteiger partial charge in [0.05, 0.1) is 32.7 Å². The van der Waals surface area contributed by atoms with Gasteiger partial charge < -0.3 is 19.5 Å². The second-order valence-corrected chi connectivity index (χ2v) is 5.20. The fourth-order valence-corrected chi connectivity index (χ4v) is 2.18. The molecule has 0 saturated carbocycles. The number of amides is 2. The van der Waals surface area contributed by atoms with Gasteiger partial charge in [0.2, 0.25) is 0 Å². The number of benzene rings is 2. The summed E-state index contributed by atoms with van der Waals surface area (Å²) < 4.78 is 15.8. The zero-order valence-corrected chi connectivity index (χ0v) is 15.3. The van der Waals surface area contributed by atoms with Crippen LogP contribution >= 0.6 is 0 Å². The molecule has 8 heteroatoms. The van der Waals surface area contributed by atoms with Crippen LogP contribution < -0.4 is 25.0 Å². The molecule has 27 heavy (non-hydrogen) atoms. The number of anilines is 1. The van der Waals surface area contributed by atoms with Crippen LogP contribution in [0.5, 0.6) is 17.2 Å². The van der Waals surface area contributed by atoms with Gasteiger partial charge in [-0.15, -0.1) is 0 Å². The van der Waals surface area contributed by atoms with Gasteiger partial charge in [-0.3, -0.25) is 9.59 Å². The number of hydrogen-bond donors (Lipinski definition) is 2. The average Bonchev–Trinajstić information content (AvgIpc) is 2.69. The summed E-state index contributed by atoms with van der Waals surface area (Å²) in [5, 5.41) is 6.25. The molecule has 2 N–H and O–H groups in total. The number of carbonyl (C=O) groups excluding carboxylic acids is 2. The summed E-state index contributed by atoms with van der Waals surface area (Å²) in [4.78, 5) is 23.8. The maximum atomic E-state index is 12.0. The van der Waals surface area contributed by atoms with E-state index in [-0.39, 0.29) is 0 Å². The molecule has 2 amide bonds. The van der Waals surface area contributed by atoms with E-state index in [1.54, 1.807) is 42.5 Å². The molecule has 2 aromatic rings. The number of methoxy groups -OCH3 is 2. The van der Waals surface area contributed by atoms with Crippen molar-refractivity contribution in [1.29, 1.82) is 0 Å². The maximum absolute atomic E-state index is 12.0. The van der Waals surface area contributed by atoms with Gasteiger partial charge in [0, 0.05) is 0 Å². The minimum Gasteiger partial charge on any atom is -0.495 e. The summed E-state index contributed by atoms with van der Waals surface area (Å²) in [5.74, 6) is -0.168. The minimum atomic E-state index is -0.907. The Bertz CT molecular complexity index is 836.